The number of hydrogen-bond donors (Lipinski definition) is 0. The zero-order valence-electron chi connectivity index (χ0n) is 20.7. The van der Waals surface area contributed by atoms with Crippen molar-refractivity contribution in [3.63, 3.8) is 0 Å². The predicted octanol–water partition coefficient (Wildman–Crippen LogP) is 9.40. The summed E-state index contributed by atoms with van der Waals surface area (Å²) in [5.74, 6) is 0. The van der Waals surface area contributed by atoms with Crippen LogP contribution in [0.2, 0.25) is 0 Å². The topological polar surface area (TPSA) is 3.24 Å². The van der Waals surface area contributed by atoms with Crippen LogP contribution in [-0.4, -0.2) is 6.54 Å². The summed E-state index contributed by atoms with van der Waals surface area (Å²) in [6.45, 7) is 5.67. The highest BCUT2D eigenvalue weighted by Gasteiger charge is 2.33. The Bertz CT molecular complexity index is 1540. The van der Waals surface area contributed by atoms with Crippen LogP contribution in [-0.2, 0) is 6.42 Å². The molecule has 2 heteroatoms. The van der Waals surface area contributed by atoms with Crippen molar-refractivity contribution >= 4 is 35.3 Å². The highest BCUT2D eigenvalue weighted by atomic mass is 32.2. The van der Waals surface area contributed by atoms with Gasteiger partial charge >= 0.3 is 0 Å². The first-order valence-corrected chi connectivity index (χ1v) is 13.8. The van der Waals surface area contributed by atoms with Crippen LogP contribution in [0.3, 0.4) is 0 Å². The van der Waals surface area contributed by atoms with Gasteiger partial charge in [0.1, 0.15) is 0 Å². The van der Waals surface area contributed by atoms with Gasteiger partial charge in [0, 0.05) is 23.5 Å². The van der Waals surface area contributed by atoms with Gasteiger partial charge in [-0.2, -0.15) is 0 Å². The lowest BCUT2D eigenvalue weighted by Gasteiger charge is -2.25. The molecule has 36 heavy (non-hydrogen) atoms. The number of fused-ring (bicyclic) bond motifs is 3. The molecule has 0 fully saturated rings. The van der Waals surface area contributed by atoms with Crippen LogP contribution in [0, 0.1) is 0 Å². The maximum atomic E-state index is 2.52. The quantitative estimate of drug-likeness (QED) is 0.284. The van der Waals surface area contributed by atoms with Crippen molar-refractivity contribution in [2.45, 2.75) is 30.8 Å². The van der Waals surface area contributed by atoms with E-state index in [9.17, 15) is 0 Å². The van der Waals surface area contributed by atoms with Crippen molar-refractivity contribution in [3.05, 3.63) is 130 Å². The molecule has 176 valence electrons. The smallest absolute Gasteiger partial charge is 0.0523 e. The van der Waals surface area contributed by atoms with Gasteiger partial charge in [-0.1, -0.05) is 102 Å². The standard InChI is InChI=1S/C34H29NS/c1-22-20-29-26(24-10-4-3-5-11-24)13-8-14-27(29)33(22)36-34-23(2)21-30-28(34)15-9-17-32(30)35-19-18-25-12-6-7-16-31(25)35/h3-17,20-21,33-34H,18-19H2,1-2H3. The molecule has 2 aliphatic carbocycles. The van der Waals surface area contributed by atoms with Crippen molar-refractivity contribution in [2.24, 2.45) is 0 Å². The Morgan fingerprint density at radius 2 is 1.28 bits per heavy atom. The molecule has 4 aromatic rings. The Labute approximate surface area is 218 Å². The normalized spacial score (nSPS) is 19.6. The first-order valence-electron chi connectivity index (χ1n) is 12.9. The van der Waals surface area contributed by atoms with Gasteiger partial charge in [-0.3, -0.25) is 0 Å². The highest BCUT2D eigenvalue weighted by molar-refractivity contribution is 8.00. The monoisotopic (exact) mass is 483 g/mol. The van der Waals surface area contributed by atoms with E-state index in [4.69, 9.17) is 0 Å². The van der Waals surface area contributed by atoms with E-state index in [1.54, 1.807) is 0 Å². The minimum absolute atomic E-state index is 0.373. The van der Waals surface area contributed by atoms with Gasteiger partial charge in [0.25, 0.3) is 0 Å². The third kappa shape index (κ3) is 3.39. The van der Waals surface area contributed by atoms with Crippen LogP contribution in [0.1, 0.15) is 52.2 Å². The van der Waals surface area contributed by atoms with Crippen LogP contribution in [0.5, 0.6) is 0 Å². The zero-order chi connectivity index (χ0) is 24.2. The molecular weight excluding hydrogens is 454 g/mol. The number of benzene rings is 4. The van der Waals surface area contributed by atoms with Gasteiger partial charge in [0.05, 0.1) is 10.5 Å². The van der Waals surface area contributed by atoms with Crippen molar-refractivity contribution in [1.29, 1.82) is 0 Å². The second-order valence-corrected chi connectivity index (χ2v) is 11.4. The van der Waals surface area contributed by atoms with E-state index in [0.29, 0.717) is 10.5 Å². The van der Waals surface area contributed by atoms with Crippen LogP contribution in [0.15, 0.2) is 102 Å². The summed E-state index contributed by atoms with van der Waals surface area (Å²) >= 11 is 2.10. The van der Waals surface area contributed by atoms with E-state index in [1.807, 2.05) is 0 Å². The van der Waals surface area contributed by atoms with E-state index >= 15 is 0 Å². The summed E-state index contributed by atoms with van der Waals surface area (Å²) in [6, 6.07) is 33.4. The molecule has 1 nitrogen and oxygen atoms in total. The van der Waals surface area contributed by atoms with Crippen LogP contribution >= 0.6 is 11.8 Å². The van der Waals surface area contributed by atoms with Crippen LogP contribution < -0.4 is 4.90 Å². The molecule has 0 bridgehead atoms. The summed E-state index contributed by atoms with van der Waals surface area (Å²) in [6.07, 6.45) is 5.98. The molecule has 4 aromatic carbocycles. The number of rotatable bonds is 4. The van der Waals surface area contributed by atoms with E-state index in [1.165, 1.54) is 61.5 Å². The Balaban J connectivity index is 1.24. The van der Waals surface area contributed by atoms with E-state index < -0.39 is 0 Å². The number of nitrogens with zero attached hydrogens (tertiary/aromatic N) is 1. The van der Waals surface area contributed by atoms with Crippen LogP contribution in [0.4, 0.5) is 11.4 Å². The summed E-state index contributed by atoms with van der Waals surface area (Å²) in [4.78, 5) is 2.52. The largest absolute Gasteiger partial charge is 0.340 e. The molecule has 0 N–H and O–H groups in total. The summed E-state index contributed by atoms with van der Waals surface area (Å²) in [5, 5.41) is 0.747. The SMILES string of the molecule is CC1=Cc2c(-c3ccccc3)cccc2C1SC1C(C)=Cc2c1cccc2N1CCc2ccccc21. The first kappa shape index (κ1) is 21.8. The van der Waals surface area contributed by atoms with Crippen molar-refractivity contribution < 1.29 is 0 Å². The lowest BCUT2D eigenvalue weighted by atomic mass is 9.97. The summed E-state index contributed by atoms with van der Waals surface area (Å²) < 4.78 is 0. The molecule has 1 heterocycles. The van der Waals surface area contributed by atoms with Gasteiger partial charge in [-0.15, -0.1) is 11.8 Å². The van der Waals surface area contributed by atoms with E-state index in [-0.39, 0.29) is 0 Å². The molecular formula is C34H29NS. The second-order valence-electron chi connectivity index (χ2n) is 10.2. The molecule has 0 spiro atoms. The third-order valence-corrected chi connectivity index (χ3v) is 9.72. The Hall–Kier alpha value is -3.49. The maximum Gasteiger partial charge on any atom is 0.0523 e. The first-order chi connectivity index (χ1) is 17.7. The van der Waals surface area contributed by atoms with Gasteiger partial charge in [0.2, 0.25) is 0 Å². The Morgan fingerprint density at radius 1 is 0.639 bits per heavy atom. The zero-order valence-corrected chi connectivity index (χ0v) is 21.6. The minimum Gasteiger partial charge on any atom is -0.340 e. The van der Waals surface area contributed by atoms with Gasteiger partial charge in [0.15, 0.2) is 0 Å². The Kier molecular flexibility index (Phi) is 5.18. The van der Waals surface area contributed by atoms with Gasteiger partial charge < -0.3 is 4.90 Å². The van der Waals surface area contributed by atoms with E-state index in [0.717, 1.165) is 13.0 Å². The molecule has 0 saturated carbocycles. The summed E-state index contributed by atoms with van der Waals surface area (Å²) in [7, 11) is 0. The van der Waals surface area contributed by atoms with Crippen molar-refractivity contribution in [3.8, 4) is 11.1 Å². The fourth-order valence-electron chi connectivity index (χ4n) is 6.22. The average Bonchev–Trinajstić information content (AvgIpc) is 3.58. The number of anilines is 2. The summed E-state index contributed by atoms with van der Waals surface area (Å²) in [5.41, 5.74) is 15.4. The number of thioether (sulfide) groups is 1. The predicted molar refractivity (Wildman–Crippen MR) is 156 cm³/mol. The number of para-hydroxylation sites is 1. The molecule has 0 saturated heterocycles. The van der Waals surface area contributed by atoms with Gasteiger partial charge in [-0.05, 0) is 65.8 Å². The average molecular weight is 484 g/mol. The Morgan fingerprint density at radius 3 is 2.08 bits per heavy atom. The lowest BCUT2D eigenvalue weighted by molar-refractivity contribution is 0.995. The second kappa shape index (κ2) is 8.57. The van der Waals surface area contributed by atoms with Gasteiger partial charge in [-0.25, -0.2) is 0 Å². The molecule has 7 rings (SSSR count). The fourth-order valence-corrected chi connectivity index (χ4v) is 7.76. The van der Waals surface area contributed by atoms with Crippen molar-refractivity contribution in [1.82, 2.24) is 0 Å². The fraction of sp³-hybridized carbons (Fsp3) is 0.176. The molecule has 3 aliphatic rings. The molecule has 0 amide bonds. The van der Waals surface area contributed by atoms with E-state index in [2.05, 4.69) is 134 Å². The minimum atomic E-state index is 0.373. The molecule has 1 aliphatic heterocycles. The van der Waals surface area contributed by atoms with Crippen LogP contribution in [0.25, 0.3) is 23.3 Å². The molecule has 0 aromatic heterocycles. The molecule has 2 atom stereocenters. The molecule has 0 radical (unpaired) electrons. The lowest BCUT2D eigenvalue weighted by Crippen LogP contribution is -2.14. The van der Waals surface area contributed by atoms with Crippen molar-refractivity contribution in [2.75, 3.05) is 11.4 Å². The third-order valence-electron chi connectivity index (χ3n) is 7.93. The highest BCUT2D eigenvalue weighted by Crippen LogP contribution is 2.56. The number of hydrogen-bond acceptors (Lipinski definition) is 2. The maximum absolute atomic E-state index is 2.52. The molecule has 2 unspecified atom stereocenters.